The predicted molar refractivity (Wildman–Crippen MR) is 109 cm³/mol. The number of nitrogens with zero attached hydrogens (tertiary/aromatic N) is 2. The quantitative estimate of drug-likeness (QED) is 0.694. The Bertz CT molecular complexity index is 1140. The third kappa shape index (κ3) is 3.79. The summed E-state index contributed by atoms with van der Waals surface area (Å²) in [5, 5.41) is 7.11. The molecule has 1 aromatic heterocycles. The van der Waals surface area contributed by atoms with Crippen LogP contribution in [0, 0.1) is 0 Å². The van der Waals surface area contributed by atoms with Crippen LogP contribution < -0.4 is 5.32 Å². The van der Waals surface area contributed by atoms with E-state index in [9.17, 15) is 13.2 Å². The molecule has 3 aromatic rings. The first-order chi connectivity index (χ1) is 13.9. The molecule has 0 unspecified atom stereocenters. The van der Waals surface area contributed by atoms with E-state index in [0.717, 1.165) is 9.98 Å². The van der Waals surface area contributed by atoms with E-state index in [4.69, 9.17) is 4.42 Å². The van der Waals surface area contributed by atoms with Crippen molar-refractivity contribution in [3.8, 4) is 0 Å². The first-order valence-corrected chi connectivity index (χ1v) is 10.5. The van der Waals surface area contributed by atoms with E-state index in [1.165, 1.54) is 13.2 Å². The number of furan rings is 1. The van der Waals surface area contributed by atoms with Crippen molar-refractivity contribution in [2.24, 2.45) is 5.10 Å². The third-order valence-electron chi connectivity index (χ3n) is 4.58. The maximum atomic E-state index is 13.3. The Kier molecular flexibility index (Phi) is 4.94. The summed E-state index contributed by atoms with van der Waals surface area (Å²) in [6.45, 7) is 1.43. The average Bonchev–Trinajstić information content (AvgIpc) is 3.39. The van der Waals surface area contributed by atoms with Gasteiger partial charge in [-0.25, -0.2) is 0 Å². The van der Waals surface area contributed by atoms with Crippen LogP contribution in [-0.2, 0) is 14.8 Å². The molecule has 148 valence electrons. The lowest BCUT2D eigenvalue weighted by molar-refractivity contribution is -0.114. The highest BCUT2D eigenvalue weighted by Crippen LogP contribution is 2.37. The topological polar surface area (TPSA) is 92.0 Å². The van der Waals surface area contributed by atoms with E-state index in [-0.39, 0.29) is 10.8 Å². The number of amides is 1. The second-order valence-electron chi connectivity index (χ2n) is 6.64. The first kappa shape index (κ1) is 18.9. The minimum absolute atomic E-state index is 0.171. The number of hydrazone groups is 1. The monoisotopic (exact) mass is 409 g/mol. The van der Waals surface area contributed by atoms with Crippen LogP contribution >= 0.6 is 0 Å². The summed E-state index contributed by atoms with van der Waals surface area (Å²) < 4.78 is 33.1. The van der Waals surface area contributed by atoms with Crippen molar-refractivity contribution >= 4 is 27.3 Å². The minimum atomic E-state index is -3.85. The van der Waals surface area contributed by atoms with Crippen molar-refractivity contribution in [1.29, 1.82) is 0 Å². The Balaban J connectivity index is 1.73. The molecule has 0 bridgehead atoms. The van der Waals surface area contributed by atoms with Crippen LogP contribution in [0.1, 0.15) is 30.7 Å². The maximum Gasteiger partial charge on any atom is 0.279 e. The number of carbonyl (C=O) groups excluding carboxylic acids is 1. The molecule has 7 nitrogen and oxygen atoms in total. The van der Waals surface area contributed by atoms with Crippen LogP contribution in [0.4, 0.5) is 5.69 Å². The summed E-state index contributed by atoms with van der Waals surface area (Å²) in [5.74, 6) is 0.367. The normalized spacial score (nSPS) is 16.5. The van der Waals surface area contributed by atoms with Crippen molar-refractivity contribution in [2.75, 3.05) is 5.32 Å². The maximum absolute atomic E-state index is 13.3. The van der Waals surface area contributed by atoms with Gasteiger partial charge in [0.1, 0.15) is 11.5 Å². The summed E-state index contributed by atoms with van der Waals surface area (Å²) in [6.07, 6.45) is 1.91. The van der Waals surface area contributed by atoms with Gasteiger partial charge in [0, 0.05) is 19.0 Å². The van der Waals surface area contributed by atoms with Gasteiger partial charge in [0.05, 0.1) is 17.2 Å². The Hall–Kier alpha value is -3.39. The zero-order valence-corrected chi connectivity index (χ0v) is 16.5. The molecular weight excluding hydrogens is 390 g/mol. The second-order valence-corrected chi connectivity index (χ2v) is 8.43. The van der Waals surface area contributed by atoms with Crippen molar-refractivity contribution < 1.29 is 17.6 Å². The number of nitrogens with one attached hydrogen (secondary N) is 1. The van der Waals surface area contributed by atoms with Gasteiger partial charge in [0.25, 0.3) is 10.0 Å². The Morgan fingerprint density at radius 2 is 1.79 bits per heavy atom. The number of carbonyl (C=O) groups is 1. The molecule has 1 aliphatic rings. The molecule has 2 aromatic carbocycles. The lowest BCUT2D eigenvalue weighted by atomic mass is 10.0. The molecule has 1 aliphatic heterocycles. The molecule has 0 radical (unpaired) electrons. The smallest absolute Gasteiger partial charge is 0.279 e. The Morgan fingerprint density at radius 3 is 2.41 bits per heavy atom. The molecule has 0 saturated heterocycles. The van der Waals surface area contributed by atoms with Gasteiger partial charge in [0.15, 0.2) is 0 Å². The van der Waals surface area contributed by atoms with E-state index in [1.807, 2.05) is 0 Å². The summed E-state index contributed by atoms with van der Waals surface area (Å²) in [7, 11) is -3.85. The van der Waals surface area contributed by atoms with Crippen molar-refractivity contribution in [1.82, 2.24) is 4.41 Å². The van der Waals surface area contributed by atoms with Gasteiger partial charge in [-0.2, -0.15) is 17.9 Å². The van der Waals surface area contributed by atoms with Crippen molar-refractivity contribution in [3.63, 3.8) is 0 Å². The zero-order valence-electron chi connectivity index (χ0n) is 15.6. The molecule has 2 heterocycles. The van der Waals surface area contributed by atoms with Crippen molar-refractivity contribution in [2.45, 2.75) is 24.3 Å². The second kappa shape index (κ2) is 7.56. The molecule has 0 spiro atoms. The van der Waals surface area contributed by atoms with Crippen LogP contribution in [0.2, 0.25) is 0 Å². The highest BCUT2D eigenvalue weighted by Gasteiger charge is 2.38. The van der Waals surface area contributed by atoms with Gasteiger partial charge in [-0.3, -0.25) is 4.79 Å². The number of hydrogen-bond donors (Lipinski definition) is 1. The van der Waals surface area contributed by atoms with E-state index in [2.05, 4.69) is 10.4 Å². The van der Waals surface area contributed by atoms with Crippen LogP contribution in [0.25, 0.3) is 0 Å². The van der Waals surface area contributed by atoms with E-state index in [0.29, 0.717) is 23.6 Å². The summed E-state index contributed by atoms with van der Waals surface area (Å²) in [6, 6.07) is 18.3. The highest BCUT2D eigenvalue weighted by molar-refractivity contribution is 7.89. The van der Waals surface area contributed by atoms with Gasteiger partial charge in [-0.05, 0) is 42.0 Å². The summed E-state index contributed by atoms with van der Waals surface area (Å²) >= 11 is 0. The predicted octanol–water partition coefficient (Wildman–Crippen LogP) is 3.78. The first-order valence-electron chi connectivity index (χ1n) is 9.03. The van der Waals surface area contributed by atoms with E-state index < -0.39 is 16.1 Å². The molecule has 0 fully saturated rings. The fraction of sp³-hybridized carbons (Fsp3) is 0.143. The molecule has 1 N–H and O–H groups in total. The highest BCUT2D eigenvalue weighted by atomic mass is 32.2. The van der Waals surface area contributed by atoms with Gasteiger partial charge in [0.2, 0.25) is 5.91 Å². The Morgan fingerprint density at radius 1 is 1.07 bits per heavy atom. The standard InChI is InChI=1S/C21H19N3O4S/c1-15(25)22-17-11-9-16(10-12-17)20-14-19(21-8-5-13-28-21)23-24(20)29(26,27)18-6-3-2-4-7-18/h2-13,20H,14H2,1H3,(H,22,25)/t20-/m0/s1. The molecule has 1 amide bonds. The van der Waals surface area contributed by atoms with Crippen LogP contribution in [0.15, 0.2) is 87.4 Å². The van der Waals surface area contributed by atoms with Crippen LogP contribution in [-0.4, -0.2) is 24.5 Å². The largest absolute Gasteiger partial charge is 0.463 e. The SMILES string of the molecule is CC(=O)Nc1ccc([C@@H]2CC(c3ccco3)=NN2S(=O)(=O)c2ccccc2)cc1. The zero-order chi connectivity index (χ0) is 20.4. The van der Waals surface area contributed by atoms with Gasteiger partial charge < -0.3 is 9.73 Å². The molecule has 0 aliphatic carbocycles. The van der Waals surface area contributed by atoms with Crippen molar-refractivity contribution in [3.05, 3.63) is 84.3 Å². The lowest BCUT2D eigenvalue weighted by Crippen LogP contribution is -2.27. The van der Waals surface area contributed by atoms with Crippen LogP contribution in [0.5, 0.6) is 0 Å². The Labute approximate surface area is 168 Å². The minimum Gasteiger partial charge on any atom is -0.463 e. The van der Waals surface area contributed by atoms with Crippen LogP contribution in [0.3, 0.4) is 0 Å². The number of sulfonamides is 1. The molecule has 1 atom stereocenters. The average molecular weight is 409 g/mol. The molecule has 0 saturated carbocycles. The molecule has 4 rings (SSSR count). The molecule has 8 heteroatoms. The summed E-state index contributed by atoms with van der Waals surface area (Å²) in [5.41, 5.74) is 1.97. The van der Waals surface area contributed by atoms with E-state index in [1.54, 1.807) is 66.7 Å². The summed E-state index contributed by atoms with van der Waals surface area (Å²) in [4.78, 5) is 11.4. The third-order valence-corrected chi connectivity index (χ3v) is 6.28. The fourth-order valence-electron chi connectivity index (χ4n) is 3.24. The lowest BCUT2D eigenvalue weighted by Gasteiger charge is -2.23. The number of benzene rings is 2. The number of anilines is 1. The molecular formula is C21H19N3O4S. The van der Waals surface area contributed by atoms with E-state index >= 15 is 0 Å². The fourth-order valence-corrected chi connectivity index (χ4v) is 4.70. The van der Waals surface area contributed by atoms with Gasteiger partial charge in [-0.15, -0.1) is 0 Å². The van der Waals surface area contributed by atoms with Gasteiger partial charge in [-0.1, -0.05) is 30.3 Å². The number of hydrogen-bond acceptors (Lipinski definition) is 5. The molecule has 29 heavy (non-hydrogen) atoms. The number of rotatable bonds is 5. The van der Waals surface area contributed by atoms with Gasteiger partial charge >= 0.3 is 0 Å².